The highest BCUT2D eigenvalue weighted by atomic mass is 79.9. The molecule has 94 valence electrons. The lowest BCUT2D eigenvalue weighted by Gasteiger charge is -2.05. The minimum atomic E-state index is 0.101. The van der Waals surface area contributed by atoms with Crippen LogP contribution < -0.4 is 4.74 Å². The Kier molecular flexibility index (Phi) is 4.50. The van der Waals surface area contributed by atoms with Crippen LogP contribution in [0.25, 0.3) is 0 Å². The van der Waals surface area contributed by atoms with Crippen LogP contribution in [0.5, 0.6) is 10.9 Å². The zero-order chi connectivity index (χ0) is 13.3. The van der Waals surface area contributed by atoms with Crippen molar-refractivity contribution >= 4 is 68.4 Å². The number of halogens is 4. The van der Waals surface area contributed by atoms with E-state index in [0.717, 1.165) is 11.3 Å². The Morgan fingerprint density at radius 2 is 2.00 bits per heavy atom. The highest BCUT2D eigenvalue weighted by Gasteiger charge is 2.13. The molecule has 0 fully saturated rings. The zero-order valence-electron chi connectivity index (χ0n) is 8.42. The Morgan fingerprint density at radius 3 is 2.61 bits per heavy atom. The van der Waals surface area contributed by atoms with Crippen molar-refractivity contribution in [1.29, 1.82) is 0 Å². The largest absolute Gasteiger partial charge is 0.429 e. The average Bonchev–Trinajstić information content (AvgIpc) is 2.66. The van der Waals surface area contributed by atoms with Crippen LogP contribution in [0.15, 0.2) is 16.6 Å². The molecule has 1 aromatic carbocycles. The number of nitrogens with zero attached hydrogens (tertiary/aromatic N) is 1. The predicted octanol–water partition coefficient (Wildman–Crippen LogP) is 5.47. The van der Waals surface area contributed by atoms with E-state index in [2.05, 4.69) is 20.9 Å². The fourth-order valence-electron chi connectivity index (χ4n) is 1.09. The quantitative estimate of drug-likeness (QED) is 0.518. The van der Waals surface area contributed by atoms with Crippen LogP contribution in [0.1, 0.15) is 9.67 Å². The number of carbonyl (C=O) groups is 1. The molecule has 0 aliphatic heterocycles. The van der Waals surface area contributed by atoms with Crippen molar-refractivity contribution < 1.29 is 9.53 Å². The number of benzene rings is 1. The van der Waals surface area contributed by atoms with Crippen LogP contribution in [0.4, 0.5) is 0 Å². The minimum Gasteiger partial charge on any atom is -0.429 e. The van der Waals surface area contributed by atoms with Gasteiger partial charge in [-0.15, -0.1) is 0 Å². The number of aromatic nitrogens is 1. The van der Waals surface area contributed by atoms with Crippen LogP contribution >= 0.6 is 62.1 Å². The molecule has 0 atom stereocenters. The number of aldehydes is 1. The Labute approximate surface area is 130 Å². The van der Waals surface area contributed by atoms with E-state index >= 15 is 0 Å². The molecule has 0 aliphatic carbocycles. The van der Waals surface area contributed by atoms with E-state index in [9.17, 15) is 4.79 Å². The van der Waals surface area contributed by atoms with E-state index in [0.29, 0.717) is 31.4 Å². The van der Waals surface area contributed by atoms with Gasteiger partial charge in [0, 0.05) is 10.5 Å². The molecule has 0 amide bonds. The van der Waals surface area contributed by atoms with Gasteiger partial charge in [0.2, 0.25) is 0 Å². The summed E-state index contributed by atoms with van der Waals surface area (Å²) in [5.74, 6) is 0.340. The van der Waals surface area contributed by atoms with Crippen molar-refractivity contribution in [3.63, 3.8) is 0 Å². The first-order chi connectivity index (χ1) is 8.51. The normalized spacial score (nSPS) is 10.4. The highest BCUT2D eigenvalue weighted by Crippen LogP contribution is 2.38. The summed E-state index contributed by atoms with van der Waals surface area (Å²) in [5.41, 5.74) is 0. The number of hydrogen-bond donors (Lipinski definition) is 0. The lowest BCUT2D eigenvalue weighted by atomic mass is 10.3. The number of carbonyl (C=O) groups excluding carboxylic acids is 1. The molecule has 0 unspecified atom stereocenters. The standard InChI is InChI=1S/C10H3BrCl3NO2S/c11-4-1-6(13)7(2-5(4)12)17-10-15-9(14)8(3-16)18-10/h1-3H. The SMILES string of the molecule is O=Cc1sc(Oc2cc(Cl)c(Br)cc2Cl)nc1Cl. The van der Waals surface area contributed by atoms with E-state index < -0.39 is 0 Å². The van der Waals surface area contributed by atoms with Gasteiger partial charge < -0.3 is 4.74 Å². The molecule has 0 bridgehead atoms. The van der Waals surface area contributed by atoms with Gasteiger partial charge in [0.15, 0.2) is 17.2 Å². The molecule has 0 aliphatic rings. The third-order valence-corrected chi connectivity index (χ3v) is 4.62. The molecular formula is C10H3BrCl3NO2S. The van der Waals surface area contributed by atoms with Crippen molar-refractivity contribution in [2.24, 2.45) is 0 Å². The van der Waals surface area contributed by atoms with E-state index in [1.165, 1.54) is 0 Å². The van der Waals surface area contributed by atoms with Crippen LogP contribution in [0, 0.1) is 0 Å². The molecule has 2 aromatic rings. The minimum absolute atomic E-state index is 0.101. The first-order valence-electron chi connectivity index (χ1n) is 4.45. The summed E-state index contributed by atoms with van der Waals surface area (Å²) < 4.78 is 6.09. The first-order valence-corrected chi connectivity index (χ1v) is 7.19. The van der Waals surface area contributed by atoms with Gasteiger partial charge in [-0.1, -0.05) is 46.1 Å². The van der Waals surface area contributed by atoms with Crippen LogP contribution in [0.2, 0.25) is 15.2 Å². The molecule has 0 N–H and O–H groups in total. The molecule has 0 radical (unpaired) electrons. The molecule has 1 heterocycles. The summed E-state index contributed by atoms with van der Waals surface area (Å²) in [6, 6.07) is 3.15. The van der Waals surface area contributed by atoms with E-state index in [1.54, 1.807) is 12.1 Å². The van der Waals surface area contributed by atoms with E-state index in [-0.39, 0.29) is 10.3 Å². The Balaban J connectivity index is 2.33. The van der Waals surface area contributed by atoms with Gasteiger partial charge >= 0.3 is 0 Å². The van der Waals surface area contributed by atoms with E-state index in [4.69, 9.17) is 39.5 Å². The first kappa shape index (κ1) is 14.1. The second-order valence-electron chi connectivity index (χ2n) is 3.05. The van der Waals surface area contributed by atoms with Gasteiger partial charge in [0.25, 0.3) is 5.19 Å². The maximum Gasteiger partial charge on any atom is 0.280 e. The number of rotatable bonds is 3. The van der Waals surface area contributed by atoms with Crippen molar-refractivity contribution in [3.8, 4) is 10.9 Å². The van der Waals surface area contributed by atoms with Crippen LogP contribution in [0.3, 0.4) is 0 Å². The van der Waals surface area contributed by atoms with Gasteiger partial charge in [0.1, 0.15) is 4.88 Å². The lowest BCUT2D eigenvalue weighted by molar-refractivity contribution is 0.112. The molecule has 0 saturated heterocycles. The Hall–Kier alpha value is -0.330. The highest BCUT2D eigenvalue weighted by molar-refractivity contribution is 9.10. The molecule has 0 spiro atoms. The maximum atomic E-state index is 10.6. The molecule has 3 nitrogen and oxygen atoms in total. The zero-order valence-corrected chi connectivity index (χ0v) is 13.1. The molecule has 1 aromatic heterocycles. The fraction of sp³-hybridized carbons (Fsp3) is 0. The predicted molar refractivity (Wildman–Crippen MR) is 76.7 cm³/mol. The van der Waals surface area contributed by atoms with Gasteiger partial charge in [-0.05, 0) is 22.0 Å². The van der Waals surface area contributed by atoms with Crippen molar-refractivity contribution in [2.45, 2.75) is 0 Å². The summed E-state index contributed by atoms with van der Waals surface area (Å²) in [5, 5.41) is 1.14. The van der Waals surface area contributed by atoms with Crippen LogP contribution in [-0.2, 0) is 0 Å². The summed E-state index contributed by atoms with van der Waals surface area (Å²) in [6.07, 6.45) is 0.614. The molecule has 2 rings (SSSR count). The van der Waals surface area contributed by atoms with E-state index in [1.807, 2.05) is 0 Å². The average molecular weight is 387 g/mol. The Morgan fingerprint density at radius 1 is 1.28 bits per heavy atom. The summed E-state index contributed by atoms with van der Waals surface area (Å²) in [7, 11) is 0. The van der Waals surface area contributed by atoms with Crippen molar-refractivity contribution in [2.75, 3.05) is 0 Å². The monoisotopic (exact) mass is 385 g/mol. The molecule has 18 heavy (non-hydrogen) atoms. The lowest BCUT2D eigenvalue weighted by Crippen LogP contribution is -1.85. The maximum absolute atomic E-state index is 10.6. The molecular weight excluding hydrogens is 384 g/mol. The second kappa shape index (κ2) is 5.75. The van der Waals surface area contributed by atoms with Gasteiger partial charge in [-0.2, -0.15) is 4.98 Å². The van der Waals surface area contributed by atoms with Gasteiger partial charge in [-0.3, -0.25) is 4.79 Å². The molecule has 8 heteroatoms. The third-order valence-electron chi connectivity index (χ3n) is 1.87. The third kappa shape index (κ3) is 2.97. The van der Waals surface area contributed by atoms with Crippen molar-refractivity contribution in [3.05, 3.63) is 36.7 Å². The topological polar surface area (TPSA) is 39.2 Å². The second-order valence-corrected chi connectivity index (χ2v) is 6.07. The molecule has 0 saturated carbocycles. The fourth-order valence-corrected chi connectivity index (χ4v) is 2.84. The Bertz CT molecular complexity index is 617. The number of ether oxygens (including phenoxy) is 1. The van der Waals surface area contributed by atoms with Gasteiger partial charge in [-0.25, -0.2) is 0 Å². The van der Waals surface area contributed by atoms with Gasteiger partial charge in [0.05, 0.1) is 10.0 Å². The van der Waals surface area contributed by atoms with Crippen molar-refractivity contribution in [1.82, 2.24) is 4.98 Å². The summed E-state index contributed by atoms with van der Waals surface area (Å²) in [6.45, 7) is 0. The summed E-state index contributed by atoms with van der Waals surface area (Å²) in [4.78, 5) is 14.8. The number of thiazole rings is 1. The number of hydrogen-bond acceptors (Lipinski definition) is 4. The van der Waals surface area contributed by atoms with Crippen LogP contribution in [-0.4, -0.2) is 11.3 Å². The summed E-state index contributed by atoms with van der Waals surface area (Å²) >= 11 is 21.9. The smallest absolute Gasteiger partial charge is 0.280 e.